The summed E-state index contributed by atoms with van der Waals surface area (Å²) in [5.74, 6) is 0.148. The van der Waals surface area contributed by atoms with Gasteiger partial charge in [-0.1, -0.05) is 18.2 Å². The van der Waals surface area contributed by atoms with Crippen LogP contribution in [0.5, 0.6) is 5.75 Å². The van der Waals surface area contributed by atoms with Gasteiger partial charge in [-0.25, -0.2) is 13.4 Å². The molecule has 1 aliphatic heterocycles. The maximum absolute atomic E-state index is 13.2. The summed E-state index contributed by atoms with van der Waals surface area (Å²) in [7, 11) is -3.71. The predicted molar refractivity (Wildman–Crippen MR) is 113 cm³/mol. The number of fused-ring (bicyclic) bond motifs is 1. The maximum atomic E-state index is 13.2. The molecule has 152 valence electrons. The second-order valence-corrected chi connectivity index (χ2v) is 10.2. The number of anilines is 1. The molecule has 4 rings (SSSR count). The van der Waals surface area contributed by atoms with E-state index in [1.807, 2.05) is 18.4 Å². The Hall–Kier alpha value is -2.27. The van der Waals surface area contributed by atoms with Gasteiger partial charge in [0.15, 0.2) is 5.13 Å². The van der Waals surface area contributed by atoms with Crippen molar-refractivity contribution >= 4 is 43.7 Å². The average Bonchev–Trinajstić information content (AvgIpc) is 3.37. The summed E-state index contributed by atoms with van der Waals surface area (Å²) < 4.78 is 33.3. The molecular weight excluding hydrogens is 430 g/mol. The molecule has 3 heterocycles. The van der Waals surface area contributed by atoms with Crippen LogP contribution in [-0.2, 0) is 23.0 Å². The van der Waals surface area contributed by atoms with Gasteiger partial charge in [-0.05, 0) is 30.5 Å². The number of thiazole rings is 1. The first-order valence-corrected chi connectivity index (χ1v) is 12.2. The number of rotatable bonds is 6. The van der Waals surface area contributed by atoms with Crippen molar-refractivity contribution in [1.29, 1.82) is 0 Å². The van der Waals surface area contributed by atoms with Gasteiger partial charge in [-0.15, -0.1) is 22.7 Å². The number of amides is 1. The fourth-order valence-electron chi connectivity index (χ4n) is 3.07. The van der Waals surface area contributed by atoms with Crippen molar-refractivity contribution in [2.75, 3.05) is 18.5 Å². The summed E-state index contributed by atoms with van der Waals surface area (Å²) >= 11 is 2.67. The van der Waals surface area contributed by atoms with Crippen molar-refractivity contribution in [3.63, 3.8) is 0 Å². The second kappa shape index (κ2) is 8.23. The first-order chi connectivity index (χ1) is 14.0. The third kappa shape index (κ3) is 4.06. The first-order valence-electron chi connectivity index (χ1n) is 9.04. The minimum absolute atomic E-state index is 0.168. The van der Waals surface area contributed by atoms with Crippen LogP contribution in [0.4, 0.5) is 5.13 Å². The number of ether oxygens (including phenoxy) is 1. The lowest BCUT2D eigenvalue weighted by Crippen LogP contribution is -2.35. The number of carbonyl (C=O) groups is 1. The quantitative estimate of drug-likeness (QED) is 0.621. The third-order valence-electron chi connectivity index (χ3n) is 4.43. The van der Waals surface area contributed by atoms with Crippen LogP contribution in [0.25, 0.3) is 0 Å². The van der Waals surface area contributed by atoms with Gasteiger partial charge in [0.05, 0.1) is 23.7 Å². The largest absolute Gasteiger partial charge is 0.492 e. The van der Waals surface area contributed by atoms with Crippen molar-refractivity contribution in [2.45, 2.75) is 24.8 Å². The number of hydrogen-bond acceptors (Lipinski definition) is 7. The van der Waals surface area contributed by atoms with Crippen molar-refractivity contribution in [3.05, 3.63) is 57.2 Å². The van der Waals surface area contributed by atoms with Gasteiger partial charge >= 0.3 is 0 Å². The molecule has 7 nitrogen and oxygen atoms in total. The molecule has 10 heteroatoms. The van der Waals surface area contributed by atoms with Gasteiger partial charge in [0.25, 0.3) is 5.91 Å². The third-order valence-corrected chi connectivity index (χ3v) is 8.18. The van der Waals surface area contributed by atoms with E-state index >= 15 is 0 Å². The van der Waals surface area contributed by atoms with Crippen LogP contribution >= 0.6 is 22.7 Å². The van der Waals surface area contributed by atoms with E-state index in [9.17, 15) is 13.2 Å². The zero-order valence-electron chi connectivity index (χ0n) is 15.6. The molecule has 3 aromatic rings. The van der Waals surface area contributed by atoms with Crippen molar-refractivity contribution < 1.29 is 17.9 Å². The Labute approximate surface area is 177 Å². The minimum atomic E-state index is -3.71. The number of thiophene rings is 1. The fraction of sp³-hybridized carbons (Fsp3) is 0.263. The lowest BCUT2D eigenvalue weighted by molar-refractivity contribution is 0.103. The molecule has 2 aromatic heterocycles. The Morgan fingerprint density at radius 2 is 2.10 bits per heavy atom. The highest BCUT2D eigenvalue weighted by Gasteiger charge is 2.32. The summed E-state index contributed by atoms with van der Waals surface area (Å²) in [5.41, 5.74) is 0.834. The number of hydrogen-bond donors (Lipinski definition) is 1. The van der Waals surface area contributed by atoms with Gasteiger partial charge in [0, 0.05) is 17.8 Å². The normalized spacial score (nSPS) is 14.4. The number of sulfonamides is 1. The zero-order chi connectivity index (χ0) is 20.4. The Morgan fingerprint density at radius 1 is 1.28 bits per heavy atom. The summed E-state index contributed by atoms with van der Waals surface area (Å²) in [6.45, 7) is 2.77. The Kier molecular flexibility index (Phi) is 5.68. The number of aromatic nitrogens is 1. The zero-order valence-corrected chi connectivity index (χ0v) is 18.1. The maximum Gasteiger partial charge on any atom is 0.267 e. The van der Waals surface area contributed by atoms with Crippen LogP contribution in [0.2, 0.25) is 0 Å². The molecule has 0 fully saturated rings. The predicted octanol–water partition coefficient (Wildman–Crippen LogP) is 3.60. The van der Waals surface area contributed by atoms with Crippen molar-refractivity contribution in [2.24, 2.45) is 0 Å². The number of nitrogens with one attached hydrogen (secondary N) is 1. The monoisotopic (exact) mass is 449 g/mol. The molecule has 29 heavy (non-hydrogen) atoms. The molecule has 1 N–H and O–H groups in total. The lowest BCUT2D eigenvalue weighted by atomic mass is 10.2. The summed E-state index contributed by atoms with van der Waals surface area (Å²) in [4.78, 5) is 18.3. The van der Waals surface area contributed by atoms with Crippen molar-refractivity contribution in [1.82, 2.24) is 9.29 Å². The Balaban J connectivity index is 1.54. The van der Waals surface area contributed by atoms with E-state index in [1.165, 1.54) is 27.0 Å². The topological polar surface area (TPSA) is 88.6 Å². The fourth-order valence-corrected chi connectivity index (χ4v) is 6.33. The molecule has 0 unspecified atom stereocenters. The van der Waals surface area contributed by atoms with Crippen LogP contribution in [0.15, 0.2) is 46.7 Å². The van der Waals surface area contributed by atoms with E-state index in [2.05, 4.69) is 10.3 Å². The SMILES string of the molecule is CCOc1ccccc1S(=O)(=O)N1CCc2nc(NC(=O)c3cccs3)sc2C1. The molecule has 0 radical (unpaired) electrons. The van der Waals surface area contributed by atoms with E-state index in [-0.39, 0.29) is 17.3 Å². The summed E-state index contributed by atoms with van der Waals surface area (Å²) in [6, 6.07) is 10.2. The van der Waals surface area contributed by atoms with Gasteiger partial charge in [-0.3, -0.25) is 10.1 Å². The summed E-state index contributed by atoms with van der Waals surface area (Å²) in [6.07, 6.45) is 0.497. The molecule has 1 aliphatic rings. The first kappa shape index (κ1) is 20.0. The number of carbonyl (C=O) groups excluding carboxylic acids is 1. The highest BCUT2D eigenvalue weighted by Crippen LogP contribution is 2.33. The molecule has 0 atom stereocenters. The van der Waals surface area contributed by atoms with Crippen LogP contribution < -0.4 is 10.1 Å². The molecule has 1 aromatic carbocycles. The molecule has 0 aliphatic carbocycles. The van der Waals surface area contributed by atoms with E-state index in [4.69, 9.17) is 4.74 Å². The second-order valence-electron chi connectivity index (χ2n) is 6.29. The van der Waals surface area contributed by atoms with E-state index in [1.54, 1.807) is 30.3 Å². The molecular formula is C19H19N3O4S3. The van der Waals surface area contributed by atoms with Gasteiger partial charge in [0.2, 0.25) is 10.0 Å². The Morgan fingerprint density at radius 3 is 2.86 bits per heavy atom. The molecule has 0 bridgehead atoms. The average molecular weight is 450 g/mol. The van der Waals surface area contributed by atoms with Crippen LogP contribution in [0.3, 0.4) is 0 Å². The molecule has 0 saturated heterocycles. The van der Waals surface area contributed by atoms with E-state index in [0.29, 0.717) is 35.3 Å². The smallest absolute Gasteiger partial charge is 0.267 e. The van der Waals surface area contributed by atoms with Crippen LogP contribution in [0.1, 0.15) is 27.2 Å². The lowest BCUT2D eigenvalue weighted by Gasteiger charge is -2.26. The van der Waals surface area contributed by atoms with Gasteiger partial charge in [0.1, 0.15) is 10.6 Å². The minimum Gasteiger partial charge on any atom is -0.492 e. The van der Waals surface area contributed by atoms with E-state index in [0.717, 1.165) is 10.6 Å². The number of benzene rings is 1. The molecule has 1 amide bonds. The van der Waals surface area contributed by atoms with Gasteiger partial charge < -0.3 is 4.74 Å². The van der Waals surface area contributed by atoms with Crippen LogP contribution in [0, 0.1) is 0 Å². The Bertz CT molecular complexity index is 1120. The number of nitrogens with zero attached hydrogens (tertiary/aromatic N) is 2. The standard InChI is InChI=1S/C19H19N3O4S3/c1-2-26-14-6-3-4-8-17(14)29(24,25)22-10-9-13-16(12-22)28-19(20-13)21-18(23)15-7-5-11-27-15/h3-8,11H,2,9-10,12H2,1H3,(H,20,21,23). The summed E-state index contributed by atoms with van der Waals surface area (Å²) in [5, 5.41) is 5.13. The van der Waals surface area contributed by atoms with Crippen LogP contribution in [-0.4, -0.2) is 36.8 Å². The molecule has 0 spiro atoms. The van der Waals surface area contributed by atoms with Crippen molar-refractivity contribution in [3.8, 4) is 5.75 Å². The number of para-hydroxylation sites is 1. The highest BCUT2D eigenvalue weighted by molar-refractivity contribution is 7.89. The molecule has 0 saturated carbocycles. The van der Waals surface area contributed by atoms with Gasteiger partial charge in [-0.2, -0.15) is 4.31 Å². The van der Waals surface area contributed by atoms with E-state index < -0.39 is 10.0 Å². The highest BCUT2D eigenvalue weighted by atomic mass is 32.2.